The van der Waals surface area contributed by atoms with E-state index in [0.717, 1.165) is 10.4 Å². The number of esters is 2. The van der Waals surface area contributed by atoms with Crippen molar-refractivity contribution in [1.82, 2.24) is 0 Å². The summed E-state index contributed by atoms with van der Waals surface area (Å²) in [6.07, 6.45) is 0. The van der Waals surface area contributed by atoms with E-state index in [2.05, 4.69) is 10.1 Å². The van der Waals surface area contributed by atoms with E-state index in [4.69, 9.17) is 4.74 Å². The Kier molecular flexibility index (Phi) is 5.69. The third-order valence-electron chi connectivity index (χ3n) is 2.55. The Labute approximate surface area is 121 Å². The highest BCUT2D eigenvalue weighted by molar-refractivity contribution is 7.17. The topological polar surface area (TPSA) is 81.7 Å². The van der Waals surface area contributed by atoms with E-state index in [9.17, 15) is 14.4 Å². The number of thiophene rings is 1. The van der Waals surface area contributed by atoms with E-state index in [-0.39, 0.29) is 18.8 Å². The molecule has 0 bridgehead atoms. The zero-order chi connectivity index (χ0) is 15.3. The van der Waals surface area contributed by atoms with Gasteiger partial charge in [0.05, 0.1) is 18.8 Å². The maximum Gasteiger partial charge on any atom is 0.397 e. The molecular formula is C13H17NO5S. The molecule has 0 aliphatic carbocycles. The van der Waals surface area contributed by atoms with Crippen molar-refractivity contribution in [2.45, 2.75) is 27.7 Å². The molecule has 0 aliphatic rings. The van der Waals surface area contributed by atoms with Crippen molar-refractivity contribution in [3.63, 3.8) is 0 Å². The van der Waals surface area contributed by atoms with Gasteiger partial charge >= 0.3 is 17.8 Å². The molecule has 1 N–H and O–H groups in total. The summed E-state index contributed by atoms with van der Waals surface area (Å²) in [6.45, 7) is 7.23. The van der Waals surface area contributed by atoms with Crippen molar-refractivity contribution >= 4 is 34.2 Å². The van der Waals surface area contributed by atoms with Crippen molar-refractivity contribution in [3.8, 4) is 0 Å². The SMILES string of the molecule is CCOC(=O)C(=O)Nc1sc(C)c(C)c1C(=O)OCC. The molecule has 0 aliphatic heterocycles. The molecule has 1 aromatic heterocycles. The summed E-state index contributed by atoms with van der Waals surface area (Å²) < 4.78 is 9.55. The van der Waals surface area contributed by atoms with Gasteiger partial charge in [-0.25, -0.2) is 9.59 Å². The highest BCUT2D eigenvalue weighted by atomic mass is 32.1. The lowest BCUT2D eigenvalue weighted by Crippen LogP contribution is -2.25. The molecule has 0 spiro atoms. The largest absolute Gasteiger partial charge is 0.462 e. The second-order valence-corrected chi connectivity index (χ2v) is 5.11. The van der Waals surface area contributed by atoms with E-state index in [0.29, 0.717) is 5.00 Å². The zero-order valence-electron chi connectivity index (χ0n) is 11.9. The molecule has 0 fully saturated rings. The molecular weight excluding hydrogens is 282 g/mol. The lowest BCUT2D eigenvalue weighted by atomic mass is 10.1. The summed E-state index contributed by atoms with van der Waals surface area (Å²) >= 11 is 1.22. The normalized spacial score (nSPS) is 10.0. The van der Waals surface area contributed by atoms with Crippen LogP contribution in [0.4, 0.5) is 5.00 Å². The van der Waals surface area contributed by atoms with E-state index in [1.165, 1.54) is 11.3 Å². The molecule has 0 aromatic carbocycles. The van der Waals surface area contributed by atoms with Crippen LogP contribution in [-0.4, -0.2) is 31.1 Å². The van der Waals surface area contributed by atoms with Crippen LogP contribution in [0.15, 0.2) is 0 Å². The summed E-state index contributed by atoms with van der Waals surface area (Å²) in [5.41, 5.74) is 1.01. The quantitative estimate of drug-likeness (QED) is 0.679. The molecule has 1 heterocycles. The average molecular weight is 299 g/mol. The number of anilines is 1. The van der Waals surface area contributed by atoms with E-state index < -0.39 is 17.8 Å². The third-order valence-corrected chi connectivity index (χ3v) is 3.68. The van der Waals surface area contributed by atoms with Crippen LogP contribution in [-0.2, 0) is 19.1 Å². The first kappa shape index (κ1) is 16.2. The van der Waals surface area contributed by atoms with Crippen LogP contribution in [0.5, 0.6) is 0 Å². The van der Waals surface area contributed by atoms with Gasteiger partial charge < -0.3 is 14.8 Å². The molecule has 0 saturated heterocycles. The first-order valence-electron chi connectivity index (χ1n) is 6.17. The number of amides is 1. The molecule has 1 amide bonds. The Hall–Kier alpha value is -1.89. The van der Waals surface area contributed by atoms with Gasteiger partial charge in [0.1, 0.15) is 5.00 Å². The van der Waals surface area contributed by atoms with Gasteiger partial charge in [-0.15, -0.1) is 11.3 Å². The Bertz CT molecular complexity index is 535. The fourth-order valence-electron chi connectivity index (χ4n) is 1.51. The van der Waals surface area contributed by atoms with Crippen LogP contribution in [0.2, 0.25) is 0 Å². The highest BCUT2D eigenvalue weighted by Crippen LogP contribution is 2.33. The number of carbonyl (C=O) groups is 3. The Balaban J connectivity index is 3.01. The zero-order valence-corrected chi connectivity index (χ0v) is 12.7. The number of ether oxygens (including phenoxy) is 2. The monoisotopic (exact) mass is 299 g/mol. The minimum Gasteiger partial charge on any atom is -0.462 e. The molecule has 1 aromatic rings. The lowest BCUT2D eigenvalue weighted by molar-refractivity contribution is -0.152. The minimum atomic E-state index is -0.981. The summed E-state index contributed by atoms with van der Waals surface area (Å²) in [4.78, 5) is 35.7. The van der Waals surface area contributed by atoms with Crippen molar-refractivity contribution in [1.29, 1.82) is 0 Å². The Morgan fingerprint density at radius 2 is 1.70 bits per heavy atom. The van der Waals surface area contributed by atoms with Crippen LogP contribution in [0, 0.1) is 13.8 Å². The van der Waals surface area contributed by atoms with E-state index in [1.807, 2.05) is 6.92 Å². The van der Waals surface area contributed by atoms with Crippen LogP contribution >= 0.6 is 11.3 Å². The standard InChI is InChI=1S/C13H17NO5S/c1-5-18-12(16)9-7(3)8(4)20-11(9)14-10(15)13(17)19-6-2/h5-6H2,1-4H3,(H,14,15). The van der Waals surface area contributed by atoms with Gasteiger partial charge in [0.2, 0.25) is 0 Å². The molecule has 0 atom stereocenters. The molecule has 1 rings (SSSR count). The first-order chi connectivity index (χ1) is 9.42. The summed E-state index contributed by atoms with van der Waals surface area (Å²) in [7, 11) is 0. The van der Waals surface area contributed by atoms with Crippen molar-refractivity contribution in [3.05, 3.63) is 16.0 Å². The first-order valence-corrected chi connectivity index (χ1v) is 6.99. The molecule has 0 radical (unpaired) electrons. The smallest absolute Gasteiger partial charge is 0.397 e. The fraction of sp³-hybridized carbons (Fsp3) is 0.462. The Morgan fingerprint density at radius 1 is 1.10 bits per heavy atom. The van der Waals surface area contributed by atoms with Gasteiger partial charge in [-0.1, -0.05) is 0 Å². The van der Waals surface area contributed by atoms with Gasteiger partial charge in [-0.3, -0.25) is 4.79 Å². The van der Waals surface area contributed by atoms with Gasteiger partial charge in [0, 0.05) is 4.88 Å². The Morgan fingerprint density at radius 3 is 2.25 bits per heavy atom. The van der Waals surface area contributed by atoms with Crippen molar-refractivity contribution in [2.24, 2.45) is 0 Å². The van der Waals surface area contributed by atoms with Crippen LogP contribution in [0.1, 0.15) is 34.6 Å². The second-order valence-electron chi connectivity index (χ2n) is 3.88. The van der Waals surface area contributed by atoms with Crippen LogP contribution in [0.25, 0.3) is 0 Å². The molecule has 20 heavy (non-hydrogen) atoms. The predicted octanol–water partition coefficient (Wildman–Crippen LogP) is 2.04. The number of aryl methyl sites for hydroxylation is 1. The van der Waals surface area contributed by atoms with Crippen LogP contribution in [0.3, 0.4) is 0 Å². The predicted molar refractivity (Wildman–Crippen MR) is 75.0 cm³/mol. The van der Waals surface area contributed by atoms with Gasteiger partial charge in [0.25, 0.3) is 0 Å². The summed E-state index contributed by atoms with van der Waals surface area (Å²) in [5, 5.41) is 2.70. The van der Waals surface area contributed by atoms with Crippen molar-refractivity contribution < 1.29 is 23.9 Å². The maximum atomic E-state index is 11.9. The summed E-state index contributed by atoms with van der Waals surface area (Å²) in [5.74, 6) is -2.40. The van der Waals surface area contributed by atoms with E-state index >= 15 is 0 Å². The minimum absolute atomic E-state index is 0.111. The van der Waals surface area contributed by atoms with Crippen molar-refractivity contribution in [2.75, 3.05) is 18.5 Å². The number of hydrogen-bond donors (Lipinski definition) is 1. The number of hydrogen-bond acceptors (Lipinski definition) is 6. The second kappa shape index (κ2) is 7.04. The maximum absolute atomic E-state index is 11.9. The highest BCUT2D eigenvalue weighted by Gasteiger charge is 2.24. The lowest BCUT2D eigenvalue weighted by Gasteiger charge is -2.06. The molecule has 0 unspecified atom stereocenters. The van der Waals surface area contributed by atoms with Gasteiger partial charge in [-0.2, -0.15) is 0 Å². The molecule has 6 nitrogen and oxygen atoms in total. The number of rotatable bonds is 4. The molecule has 0 saturated carbocycles. The number of carbonyl (C=O) groups excluding carboxylic acids is 3. The fourth-order valence-corrected chi connectivity index (χ4v) is 2.56. The summed E-state index contributed by atoms with van der Waals surface area (Å²) in [6, 6.07) is 0. The van der Waals surface area contributed by atoms with Crippen LogP contribution < -0.4 is 5.32 Å². The average Bonchev–Trinajstić information content (AvgIpc) is 2.65. The molecule has 7 heteroatoms. The third kappa shape index (κ3) is 3.57. The number of nitrogens with one attached hydrogen (secondary N) is 1. The van der Waals surface area contributed by atoms with E-state index in [1.54, 1.807) is 20.8 Å². The van der Waals surface area contributed by atoms with Gasteiger partial charge in [0.15, 0.2) is 0 Å². The van der Waals surface area contributed by atoms with Gasteiger partial charge in [-0.05, 0) is 33.3 Å². The molecule has 110 valence electrons.